The zero-order valence-corrected chi connectivity index (χ0v) is 12.5. The highest BCUT2D eigenvalue weighted by molar-refractivity contribution is 9.10. The SMILES string of the molecule is O=C(O)C1CC(NCc2nc3ccc(Br)cc3s2)C1. The minimum absolute atomic E-state index is 0.163. The van der Waals surface area contributed by atoms with Crippen LogP contribution in [0.15, 0.2) is 22.7 Å². The number of aromatic nitrogens is 1. The Kier molecular flexibility index (Phi) is 3.56. The number of thiazole rings is 1. The third kappa shape index (κ3) is 2.80. The Labute approximate surface area is 123 Å². The third-order valence-corrected chi connectivity index (χ3v) is 4.94. The molecule has 6 heteroatoms. The summed E-state index contributed by atoms with van der Waals surface area (Å²) in [6.45, 7) is 0.716. The summed E-state index contributed by atoms with van der Waals surface area (Å²) in [5, 5.41) is 13.2. The summed E-state index contributed by atoms with van der Waals surface area (Å²) in [6, 6.07) is 6.38. The van der Waals surface area contributed by atoms with Gasteiger partial charge in [0.1, 0.15) is 5.01 Å². The first-order valence-corrected chi connectivity index (χ1v) is 7.74. The van der Waals surface area contributed by atoms with Crippen LogP contribution in [0.25, 0.3) is 10.2 Å². The number of aliphatic carboxylic acids is 1. The van der Waals surface area contributed by atoms with E-state index in [0.717, 1.165) is 27.8 Å². The molecule has 1 aliphatic rings. The lowest BCUT2D eigenvalue weighted by Crippen LogP contribution is -2.43. The molecular formula is C13H13BrN2O2S. The van der Waals surface area contributed by atoms with Crippen molar-refractivity contribution >= 4 is 43.5 Å². The minimum Gasteiger partial charge on any atom is -0.481 e. The van der Waals surface area contributed by atoms with Gasteiger partial charge in [0.05, 0.1) is 16.1 Å². The molecule has 0 radical (unpaired) electrons. The van der Waals surface area contributed by atoms with Gasteiger partial charge in [-0.2, -0.15) is 0 Å². The van der Waals surface area contributed by atoms with E-state index < -0.39 is 5.97 Å². The van der Waals surface area contributed by atoms with E-state index >= 15 is 0 Å². The van der Waals surface area contributed by atoms with E-state index in [1.54, 1.807) is 11.3 Å². The van der Waals surface area contributed by atoms with Crippen molar-refractivity contribution in [1.82, 2.24) is 10.3 Å². The first-order chi connectivity index (χ1) is 9.11. The van der Waals surface area contributed by atoms with Crippen LogP contribution < -0.4 is 5.32 Å². The van der Waals surface area contributed by atoms with Crippen LogP contribution in [-0.2, 0) is 11.3 Å². The van der Waals surface area contributed by atoms with Crippen LogP contribution >= 0.6 is 27.3 Å². The molecule has 0 bridgehead atoms. The van der Waals surface area contributed by atoms with Crippen molar-refractivity contribution < 1.29 is 9.90 Å². The lowest BCUT2D eigenvalue weighted by Gasteiger charge is -2.32. The number of carboxylic acid groups (broad SMARTS) is 1. The number of carbonyl (C=O) groups is 1. The van der Waals surface area contributed by atoms with Crippen LogP contribution in [0, 0.1) is 5.92 Å². The van der Waals surface area contributed by atoms with E-state index in [-0.39, 0.29) is 5.92 Å². The maximum atomic E-state index is 10.7. The number of benzene rings is 1. The van der Waals surface area contributed by atoms with Crippen LogP contribution in [0.4, 0.5) is 0 Å². The first kappa shape index (κ1) is 13.0. The molecule has 1 aromatic carbocycles. The quantitative estimate of drug-likeness (QED) is 0.897. The number of nitrogens with one attached hydrogen (secondary N) is 1. The molecule has 1 saturated carbocycles. The van der Waals surface area contributed by atoms with Crippen molar-refractivity contribution in [2.24, 2.45) is 5.92 Å². The topological polar surface area (TPSA) is 62.2 Å². The van der Waals surface area contributed by atoms with Crippen molar-refractivity contribution in [2.45, 2.75) is 25.4 Å². The highest BCUT2D eigenvalue weighted by atomic mass is 79.9. The Balaban J connectivity index is 1.59. The Bertz CT molecular complexity index is 622. The van der Waals surface area contributed by atoms with Gasteiger partial charge in [-0.25, -0.2) is 4.98 Å². The summed E-state index contributed by atoms with van der Waals surface area (Å²) < 4.78 is 2.23. The highest BCUT2D eigenvalue weighted by Gasteiger charge is 2.33. The van der Waals surface area contributed by atoms with Gasteiger partial charge in [0.15, 0.2) is 0 Å². The van der Waals surface area contributed by atoms with Crippen molar-refractivity contribution in [3.8, 4) is 0 Å². The van der Waals surface area contributed by atoms with Gasteiger partial charge in [-0.15, -0.1) is 11.3 Å². The summed E-state index contributed by atoms with van der Waals surface area (Å²) in [4.78, 5) is 15.3. The monoisotopic (exact) mass is 340 g/mol. The molecule has 0 atom stereocenters. The molecular weight excluding hydrogens is 328 g/mol. The van der Waals surface area contributed by atoms with Gasteiger partial charge < -0.3 is 10.4 Å². The molecule has 3 rings (SSSR count). The van der Waals surface area contributed by atoms with Crippen molar-refractivity contribution in [3.63, 3.8) is 0 Å². The maximum Gasteiger partial charge on any atom is 0.306 e. The second-order valence-corrected chi connectivity index (χ2v) is 6.83. The summed E-state index contributed by atoms with van der Waals surface area (Å²) >= 11 is 5.13. The Morgan fingerprint density at radius 2 is 2.32 bits per heavy atom. The predicted octanol–water partition coefficient (Wildman–Crippen LogP) is 3.01. The zero-order valence-electron chi connectivity index (χ0n) is 10.1. The number of carboxylic acids is 1. The number of hydrogen-bond acceptors (Lipinski definition) is 4. The summed E-state index contributed by atoms with van der Waals surface area (Å²) in [7, 11) is 0. The average molecular weight is 341 g/mol. The zero-order chi connectivity index (χ0) is 13.4. The van der Waals surface area contributed by atoms with E-state index in [2.05, 4.69) is 32.3 Å². The molecule has 1 fully saturated rings. The molecule has 1 heterocycles. The molecule has 0 unspecified atom stereocenters. The fourth-order valence-electron chi connectivity index (χ4n) is 2.24. The Hall–Kier alpha value is -0.980. The molecule has 19 heavy (non-hydrogen) atoms. The van der Waals surface area contributed by atoms with Gasteiger partial charge in [0.25, 0.3) is 0 Å². The minimum atomic E-state index is -0.678. The van der Waals surface area contributed by atoms with E-state index in [1.807, 2.05) is 12.1 Å². The van der Waals surface area contributed by atoms with Gasteiger partial charge in [-0.3, -0.25) is 4.79 Å². The lowest BCUT2D eigenvalue weighted by atomic mass is 9.80. The lowest BCUT2D eigenvalue weighted by molar-refractivity contribution is -0.145. The largest absolute Gasteiger partial charge is 0.481 e. The van der Waals surface area contributed by atoms with Crippen LogP contribution in [0.5, 0.6) is 0 Å². The van der Waals surface area contributed by atoms with E-state index in [4.69, 9.17) is 5.11 Å². The number of halogens is 1. The number of fused-ring (bicyclic) bond motifs is 1. The van der Waals surface area contributed by atoms with Crippen LogP contribution in [-0.4, -0.2) is 22.1 Å². The fourth-order valence-corrected chi connectivity index (χ4v) is 3.71. The summed E-state index contributed by atoms with van der Waals surface area (Å²) in [6.07, 6.45) is 1.46. The van der Waals surface area contributed by atoms with Crippen molar-refractivity contribution in [2.75, 3.05) is 0 Å². The van der Waals surface area contributed by atoms with Crippen molar-refractivity contribution in [1.29, 1.82) is 0 Å². The standard InChI is InChI=1S/C13H13BrN2O2S/c14-8-1-2-10-11(5-8)19-12(16-10)6-15-9-3-7(4-9)13(17)18/h1-2,5,7,9,15H,3-4,6H2,(H,17,18). The first-order valence-electron chi connectivity index (χ1n) is 6.13. The van der Waals surface area contributed by atoms with Crippen LogP contribution in [0.1, 0.15) is 17.8 Å². The molecule has 2 N–H and O–H groups in total. The highest BCUT2D eigenvalue weighted by Crippen LogP contribution is 2.29. The molecule has 4 nitrogen and oxygen atoms in total. The van der Waals surface area contributed by atoms with Gasteiger partial charge >= 0.3 is 5.97 Å². The molecule has 0 spiro atoms. The number of rotatable bonds is 4. The average Bonchev–Trinajstić information content (AvgIpc) is 2.68. The molecule has 1 aliphatic carbocycles. The van der Waals surface area contributed by atoms with E-state index in [9.17, 15) is 4.79 Å². The maximum absolute atomic E-state index is 10.7. The van der Waals surface area contributed by atoms with Crippen molar-refractivity contribution in [3.05, 3.63) is 27.7 Å². The second-order valence-electron chi connectivity index (χ2n) is 4.80. The Morgan fingerprint density at radius 1 is 1.53 bits per heavy atom. The smallest absolute Gasteiger partial charge is 0.306 e. The third-order valence-electron chi connectivity index (χ3n) is 3.42. The molecule has 0 amide bonds. The van der Waals surface area contributed by atoms with Gasteiger partial charge in [-0.1, -0.05) is 15.9 Å². The van der Waals surface area contributed by atoms with Gasteiger partial charge in [0.2, 0.25) is 0 Å². The fraction of sp³-hybridized carbons (Fsp3) is 0.385. The summed E-state index contributed by atoms with van der Waals surface area (Å²) in [5.74, 6) is -0.841. The van der Waals surface area contributed by atoms with Gasteiger partial charge in [-0.05, 0) is 31.0 Å². The van der Waals surface area contributed by atoms with Gasteiger partial charge in [0, 0.05) is 17.1 Å². The molecule has 100 valence electrons. The molecule has 0 saturated heterocycles. The number of nitrogens with zero attached hydrogens (tertiary/aromatic N) is 1. The number of hydrogen-bond donors (Lipinski definition) is 2. The van der Waals surface area contributed by atoms with Crippen LogP contribution in [0.3, 0.4) is 0 Å². The normalized spacial score (nSPS) is 22.4. The van der Waals surface area contributed by atoms with E-state index in [1.165, 1.54) is 4.70 Å². The second kappa shape index (κ2) is 5.19. The van der Waals surface area contributed by atoms with Crippen LogP contribution in [0.2, 0.25) is 0 Å². The molecule has 0 aliphatic heterocycles. The summed E-state index contributed by atoms with van der Waals surface area (Å²) in [5.41, 5.74) is 1.02. The Morgan fingerprint density at radius 3 is 3.05 bits per heavy atom. The van der Waals surface area contributed by atoms with E-state index in [0.29, 0.717) is 12.6 Å². The molecule has 2 aromatic rings. The molecule has 1 aromatic heterocycles. The predicted molar refractivity (Wildman–Crippen MR) is 78.3 cm³/mol.